The Hall–Kier alpha value is -3.51. The van der Waals surface area contributed by atoms with Gasteiger partial charge in [0.05, 0.1) is 23.6 Å². The van der Waals surface area contributed by atoms with Crippen LogP contribution >= 0.6 is 11.6 Å². The molecule has 3 aromatic carbocycles. The molecule has 6 nitrogen and oxygen atoms in total. The van der Waals surface area contributed by atoms with E-state index in [2.05, 4.69) is 29.8 Å². The molecule has 0 saturated heterocycles. The highest BCUT2D eigenvalue weighted by atomic mass is 35.5. The number of carbonyl (C=O) groups is 1. The largest absolute Gasteiger partial charge is 0.491 e. The lowest BCUT2D eigenvalue weighted by Crippen LogP contribution is -2.33. The second-order valence-corrected chi connectivity index (χ2v) is 9.12. The molecule has 0 bridgehead atoms. The summed E-state index contributed by atoms with van der Waals surface area (Å²) >= 11 is 5.90. The molecule has 0 aliphatic heterocycles. The van der Waals surface area contributed by atoms with Gasteiger partial charge in [0.15, 0.2) is 6.61 Å². The number of benzene rings is 3. The average Bonchev–Trinajstić information content (AvgIpc) is 3.23. The lowest BCUT2D eigenvalue weighted by molar-refractivity contribution is -0.123. The molecular formula is C28H30ClN3O3. The van der Waals surface area contributed by atoms with Gasteiger partial charge in [0, 0.05) is 5.02 Å². The zero-order valence-electron chi connectivity index (χ0n) is 20.2. The number of nitrogens with zero attached hydrogens (tertiary/aromatic N) is 2. The Balaban J connectivity index is 1.44. The van der Waals surface area contributed by atoms with Gasteiger partial charge in [-0.05, 0) is 60.9 Å². The Morgan fingerprint density at radius 1 is 0.971 bits per heavy atom. The van der Waals surface area contributed by atoms with Crippen LogP contribution in [-0.2, 0) is 11.3 Å². The van der Waals surface area contributed by atoms with Gasteiger partial charge in [0.1, 0.15) is 23.9 Å². The van der Waals surface area contributed by atoms with Crippen molar-refractivity contribution in [1.29, 1.82) is 0 Å². The summed E-state index contributed by atoms with van der Waals surface area (Å²) in [6.45, 7) is 7.23. The molecule has 0 radical (unpaired) electrons. The predicted molar refractivity (Wildman–Crippen MR) is 139 cm³/mol. The summed E-state index contributed by atoms with van der Waals surface area (Å²) in [5.74, 6) is 2.40. The van der Waals surface area contributed by atoms with E-state index in [4.69, 9.17) is 26.1 Å². The van der Waals surface area contributed by atoms with E-state index >= 15 is 0 Å². The number of nitrogens with one attached hydrogen (secondary N) is 1. The number of carbonyl (C=O) groups excluding carboxylic acids is 1. The number of fused-ring (bicyclic) bond motifs is 1. The standard InChI is InChI=1S/C28H30ClN3O3/c1-19(2)23-8-4-7-11-26(23)34-17-16-32-25-10-6-5-9-24(25)31-28(32)20(3)30-27(33)18-35-22-14-12-21(29)13-15-22/h4-15,19-20H,16-18H2,1-3H3,(H,30,33). The summed E-state index contributed by atoms with van der Waals surface area (Å²) in [5.41, 5.74) is 3.06. The number of rotatable bonds is 10. The second-order valence-electron chi connectivity index (χ2n) is 8.68. The van der Waals surface area contributed by atoms with E-state index in [9.17, 15) is 4.79 Å². The molecule has 182 valence electrons. The number of ether oxygens (including phenoxy) is 2. The number of aromatic nitrogens is 2. The molecule has 7 heteroatoms. The quantitative estimate of drug-likeness (QED) is 0.289. The van der Waals surface area contributed by atoms with Gasteiger partial charge in [-0.15, -0.1) is 0 Å². The number of hydrogen-bond acceptors (Lipinski definition) is 4. The third-order valence-electron chi connectivity index (χ3n) is 5.75. The summed E-state index contributed by atoms with van der Waals surface area (Å²) in [4.78, 5) is 17.4. The van der Waals surface area contributed by atoms with Gasteiger partial charge in [0.2, 0.25) is 0 Å². The van der Waals surface area contributed by atoms with Crippen LogP contribution in [0.2, 0.25) is 5.02 Å². The summed E-state index contributed by atoms with van der Waals surface area (Å²) in [6, 6.07) is 22.7. The normalized spacial score (nSPS) is 12.0. The van der Waals surface area contributed by atoms with Gasteiger partial charge in [-0.25, -0.2) is 4.98 Å². The van der Waals surface area contributed by atoms with Gasteiger partial charge >= 0.3 is 0 Å². The van der Waals surface area contributed by atoms with Crippen LogP contribution in [0.3, 0.4) is 0 Å². The first-order valence-electron chi connectivity index (χ1n) is 11.8. The first-order chi connectivity index (χ1) is 16.9. The Labute approximate surface area is 210 Å². The SMILES string of the molecule is CC(C)c1ccccc1OCCn1c(C(C)NC(=O)COc2ccc(Cl)cc2)nc2ccccc21. The minimum absolute atomic E-state index is 0.0959. The molecule has 1 aromatic heterocycles. The maximum Gasteiger partial charge on any atom is 0.258 e. The summed E-state index contributed by atoms with van der Waals surface area (Å²) in [6.07, 6.45) is 0. The zero-order valence-corrected chi connectivity index (χ0v) is 21.0. The van der Waals surface area contributed by atoms with Crippen LogP contribution in [0.15, 0.2) is 72.8 Å². The first-order valence-corrected chi connectivity index (χ1v) is 12.1. The zero-order chi connectivity index (χ0) is 24.8. The number of para-hydroxylation sites is 3. The Kier molecular flexibility index (Phi) is 7.93. The van der Waals surface area contributed by atoms with Crippen molar-refractivity contribution in [2.45, 2.75) is 39.3 Å². The van der Waals surface area contributed by atoms with Crippen LogP contribution < -0.4 is 14.8 Å². The number of halogens is 1. The van der Waals surface area contributed by atoms with Crippen LogP contribution in [0.1, 0.15) is 44.1 Å². The molecule has 1 amide bonds. The number of amides is 1. The van der Waals surface area contributed by atoms with Gasteiger partial charge < -0.3 is 19.4 Å². The topological polar surface area (TPSA) is 65.4 Å². The van der Waals surface area contributed by atoms with Gasteiger partial charge in [-0.2, -0.15) is 0 Å². The summed E-state index contributed by atoms with van der Waals surface area (Å²) < 4.78 is 13.9. The molecule has 35 heavy (non-hydrogen) atoms. The maximum atomic E-state index is 12.6. The lowest BCUT2D eigenvalue weighted by Gasteiger charge is -2.18. The molecule has 4 rings (SSSR count). The first kappa shape index (κ1) is 24.6. The lowest BCUT2D eigenvalue weighted by atomic mass is 10.0. The minimum atomic E-state index is -0.313. The number of hydrogen-bond donors (Lipinski definition) is 1. The molecule has 0 aliphatic carbocycles. The van der Waals surface area contributed by atoms with Crippen molar-refractivity contribution in [2.75, 3.05) is 13.2 Å². The minimum Gasteiger partial charge on any atom is -0.491 e. The Morgan fingerprint density at radius 3 is 2.46 bits per heavy atom. The summed E-state index contributed by atoms with van der Waals surface area (Å²) in [7, 11) is 0. The second kappa shape index (κ2) is 11.3. The van der Waals surface area contributed by atoms with Crippen molar-refractivity contribution in [1.82, 2.24) is 14.9 Å². The van der Waals surface area contributed by atoms with Crippen LogP contribution in [0.25, 0.3) is 11.0 Å². The van der Waals surface area contributed by atoms with E-state index in [-0.39, 0.29) is 18.6 Å². The van der Waals surface area contributed by atoms with E-state index in [1.807, 2.05) is 49.4 Å². The molecular weight excluding hydrogens is 462 g/mol. The molecule has 0 spiro atoms. The van der Waals surface area contributed by atoms with Crippen LogP contribution in [-0.4, -0.2) is 28.7 Å². The predicted octanol–water partition coefficient (Wildman–Crippen LogP) is 6.15. The van der Waals surface area contributed by atoms with Gasteiger partial charge in [0.25, 0.3) is 5.91 Å². The summed E-state index contributed by atoms with van der Waals surface area (Å²) in [5, 5.41) is 3.61. The molecule has 4 aromatic rings. The fraction of sp³-hybridized carbons (Fsp3) is 0.286. The molecule has 1 N–H and O–H groups in total. The van der Waals surface area contributed by atoms with Crippen molar-refractivity contribution in [3.8, 4) is 11.5 Å². The Morgan fingerprint density at radius 2 is 1.69 bits per heavy atom. The fourth-order valence-electron chi connectivity index (χ4n) is 4.02. The monoisotopic (exact) mass is 491 g/mol. The van der Waals surface area contributed by atoms with Gasteiger partial charge in [-0.3, -0.25) is 4.79 Å². The fourth-order valence-corrected chi connectivity index (χ4v) is 4.15. The van der Waals surface area contributed by atoms with Crippen LogP contribution in [0, 0.1) is 0 Å². The third kappa shape index (κ3) is 6.14. The maximum absolute atomic E-state index is 12.6. The van der Waals surface area contributed by atoms with Crippen molar-refractivity contribution in [3.05, 3.63) is 89.2 Å². The van der Waals surface area contributed by atoms with E-state index < -0.39 is 0 Å². The van der Waals surface area contributed by atoms with Crippen molar-refractivity contribution in [3.63, 3.8) is 0 Å². The van der Waals surface area contributed by atoms with E-state index in [0.717, 1.165) is 22.6 Å². The molecule has 0 saturated carbocycles. The highest BCUT2D eigenvalue weighted by molar-refractivity contribution is 6.30. The Bertz CT molecular complexity index is 1280. The molecule has 0 fully saturated rings. The van der Waals surface area contributed by atoms with Crippen molar-refractivity contribution in [2.24, 2.45) is 0 Å². The molecule has 0 aliphatic rings. The molecule has 1 atom stereocenters. The van der Waals surface area contributed by atoms with E-state index in [0.29, 0.717) is 29.8 Å². The highest BCUT2D eigenvalue weighted by Gasteiger charge is 2.19. The van der Waals surface area contributed by atoms with Gasteiger partial charge in [-0.1, -0.05) is 55.8 Å². The third-order valence-corrected chi connectivity index (χ3v) is 6.00. The van der Waals surface area contributed by atoms with Crippen LogP contribution in [0.4, 0.5) is 0 Å². The van der Waals surface area contributed by atoms with E-state index in [1.165, 1.54) is 5.56 Å². The van der Waals surface area contributed by atoms with Crippen LogP contribution in [0.5, 0.6) is 11.5 Å². The smallest absolute Gasteiger partial charge is 0.258 e. The number of imidazole rings is 1. The van der Waals surface area contributed by atoms with E-state index in [1.54, 1.807) is 24.3 Å². The van der Waals surface area contributed by atoms with Crippen molar-refractivity contribution < 1.29 is 14.3 Å². The molecule has 1 heterocycles. The molecule has 1 unspecified atom stereocenters. The average molecular weight is 492 g/mol. The highest BCUT2D eigenvalue weighted by Crippen LogP contribution is 2.26. The van der Waals surface area contributed by atoms with Crippen molar-refractivity contribution >= 4 is 28.5 Å².